The monoisotopic (exact) mass is 247 g/mol. The normalized spacial score (nSPS) is 12.8. The predicted octanol–water partition coefficient (Wildman–Crippen LogP) is 0.825. The average Bonchev–Trinajstić information content (AvgIpc) is 2.14. The fraction of sp³-hybridized carbons (Fsp3) is 0.818. The van der Waals surface area contributed by atoms with Crippen molar-refractivity contribution in [2.75, 3.05) is 13.2 Å². The lowest BCUT2D eigenvalue weighted by Gasteiger charge is -2.22. The topological polar surface area (TPSA) is 84.9 Å². The number of amides is 1. The molecule has 0 aliphatic rings. The summed E-state index contributed by atoms with van der Waals surface area (Å²) in [6, 6.07) is -0.880. The number of rotatable bonds is 5. The van der Waals surface area contributed by atoms with E-state index in [0.717, 1.165) is 0 Å². The summed E-state index contributed by atoms with van der Waals surface area (Å²) < 4.78 is 9.77. The van der Waals surface area contributed by atoms with Crippen molar-refractivity contribution in [1.29, 1.82) is 0 Å². The Kier molecular flexibility index (Phi) is 6.57. The van der Waals surface area contributed by atoms with E-state index in [1.54, 1.807) is 27.7 Å². The van der Waals surface area contributed by atoms with E-state index in [4.69, 9.17) is 14.6 Å². The Hall–Kier alpha value is -1.30. The van der Waals surface area contributed by atoms with Crippen LogP contribution in [0, 0.1) is 0 Å². The molecule has 0 bridgehead atoms. The van der Waals surface area contributed by atoms with Crippen LogP contribution in [0.25, 0.3) is 0 Å². The zero-order valence-electron chi connectivity index (χ0n) is 10.8. The molecular weight excluding hydrogens is 226 g/mol. The fourth-order valence-corrected chi connectivity index (χ4v) is 1.07. The highest BCUT2D eigenvalue weighted by molar-refractivity contribution is 5.81. The first-order valence-electron chi connectivity index (χ1n) is 5.57. The Morgan fingerprint density at radius 1 is 1.35 bits per heavy atom. The standard InChI is InChI=1S/C11H21NO5/c1-5-16-9(14)8(6-7-13)12-10(15)17-11(2,3)4/h8,13H,5-7H2,1-4H3,(H,12,15)/t8-/m1/s1. The summed E-state index contributed by atoms with van der Waals surface area (Å²) in [5.74, 6) is -0.576. The van der Waals surface area contributed by atoms with Gasteiger partial charge in [0.2, 0.25) is 0 Å². The molecule has 2 N–H and O–H groups in total. The second-order valence-corrected chi connectivity index (χ2v) is 4.46. The van der Waals surface area contributed by atoms with E-state index in [0.29, 0.717) is 0 Å². The highest BCUT2D eigenvalue weighted by Crippen LogP contribution is 2.07. The lowest BCUT2D eigenvalue weighted by Crippen LogP contribution is -2.44. The molecule has 0 rings (SSSR count). The van der Waals surface area contributed by atoms with Gasteiger partial charge in [-0.2, -0.15) is 0 Å². The lowest BCUT2D eigenvalue weighted by molar-refractivity contribution is -0.146. The summed E-state index contributed by atoms with van der Waals surface area (Å²) >= 11 is 0. The van der Waals surface area contributed by atoms with Crippen LogP contribution >= 0.6 is 0 Å². The molecule has 0 saturated carbocycles. The van der Waals surface area contributed by atoms with Crippen LogP contribution in [0.5, 0.6) is 0 Å². The van der Waals surface area contributed by atoms with Crippen LogP contribution in [0.2, 0.25) is 0 Å². The van der Waals surface area contributed by atoms with Gasteiger partial charge in [0.15, 0.2) is 0 Å². The third kappa shape index (κ3) is 7.57. The maximum absolute atomic E-state index is 11.4. The highest BCUT2D eigenvalue weighted by Gasteiger charge is 2.24. The molecule has 0 radical (unpaired) electrons. The number of esters is 1. The number of hydrogen-bond donors (Lipinski definition) is 2. The van der Waals surface area contributed by atoms with Crippen LogP contribution in [-0.4, -0.2) is 42.0 Å². The van der Waals surface area contributed by atoms with Gasteiger partial charge in [0.1, 0.15) is 11.6 Å². The van der Waals surface area contributed by atoms with Gasteiger partial charge in [0, 0.05) is 13.0 Å². The number of carbonyl (C=O) groups is 2. The van der Waals surface area contributed by atoms with Crippen molar-refractivity contribution in [3.8, 4) is 0 Å². The minimum absolute atomic E-state index is 0.0953. The molecule has 0 unspecified atom stereocenters. The molecule has 6 nitrogen and oxygen atoms in total. The first-order valence-corrected chi connectivity index (χ1v) is 5.57. The van der Waals surface area contributed by atoms with Gasteiger partial charge in [-0.15, -0.1) is 0 Å². The van der Waals surface area contributed by atoms with Gasteiger partial charge in [0.05, 0.1) is 6.61 Å². The van der Waals surface area contributed by atoms with E-state index in [1.165, 1.54) is 0 Å². The van der Waals surface area contributed by atoms with E-state index in [9.17, 15) is 9.59 Å². The number of hydrogen-bond acceptors (Lipinski definition) is 5. The second-order valence-electron chi connectivity index (χ2n) is 4.46. The van der Waals surface area contributed by atoms with E-state index in [2.05, 4.69) is 5.32 Å². The van der Waals surface area contributed by atoms with Crippen molar-refractivity contribution in [1.82, 2.24) is 5.32 Å². The highest BCUT2D eigenvalue weighted by atomic mass is 16.6. The van der Waals surface area contributed by atoms with Crippen molar-refractivity contribution in [2.24, 2.45) is 0 Å². The molecule has 1 amide bonds. The number of aliphatic hydroxyl groups is 1. The molecule has 17 heavy (non-hydrogen) atoms. The molecule has 1 atom stereocenters. The lowest BCUT2D eigenvalue weighted by atomic mass is 10.2. The smallest absolute Gasteiger partial charge is 0.408 e. The maximum atomic E-state index is 11.4. The van der Waals surface area contributed by atoms with Crippen molar-refractivity contribution >= 4 is 12.1 Å². The van der Waals surface area contributed by atoms with Gasteiger partial charge in [0.25, 0.3) is 0 Å². The van der Waals surface area contributed by atoms with Gasteiger partial charge in [-0.1, -0.05) is 0 Å². The van der Waals surface area contributed by atoms with Gasteiger partial charge in [-0.25, -0.2) is 9.59 Å². The van der Waals surface area contributed by atoms with Crippen LogP contribution in [0.3, 0.4) is 0 Å². The summed E-state index contributed by atoms with van der Waals surface area (Å²) in [4.78, 5) is 22.9. The second kappa shape index (κ2) is 7.11. The molecule has 0 aliphatic heterocycles. The Morgan fingerprint density at radius 3 is 2.35 bits per heavy atom. The van der Waals surface area contributed by atoms with Gasteiger partial charge >= 0.3 is 12.1 Å². The van der Waals surface area contributed by atoms with E-state index in [1.807, 2.05) is 0 Å². The maximum Gasteiger partial charge on any atom is 0.408 e. The van der Waals surface area contributed by atoms with Crippen LogP contribution < -0.4 is 5.32 Å². The van der Waals surface area contributed by atoms with Crippen molar-refractivity contribution in [2.45, 2.75) is 45.8 Å². The molecule has 6 heteroatoms. The molecule has 0 spiro atoms. The molecule has 0 saturated heterocycles. The average molecular weight is 247 g/mol. The Morgan fingerprint density at radius 2 is 1.94 bits per heavy atom. The number of alkyl carbamates (subject to hydrolysis) is 1. The van der Waals surface area contributed by atoms with Crippen molar-refractivity contribution < 1.29 is 24.2 Å². The number of aliphatic hydroxyl groups excluding tert-OH is 1. The summed E-state index contributed by atoms with van der Waals surface area (Å²) in [5.41, 5.74) is -0.636. The third-order valence-corrected chi connectivity index (χ3v) is 1.68. The van der Waals surface area contributed by atoms with Gasteiger partial charge < -0.3 is 19.9 Å². The quantitative estimate of drug-likeness (QED) is 0.703. The zero-order valence-corrected chi connectivity index (χ0v) is 10.8. The number of nitrogens with one attached hydrogen (secondary N) is 1. The molecule has 0 heterocycles. The van der Waals surface area contributed by atoms with Gasteiger partial charge in [-0.05, 0) is 27.7 Å². The molecular formula is C11H21NO5. The van der Waals surface area contributed by atoms with Crippen LogP contribution in [0.1, 0.15) is 34.1 Å². The molecule has 100 valence electrons. The van der Waals surface area contributed by atoms with Crippen molar-refractivity contribution in [3.63, 3.8) is 0 Å². The first kappa shape index (κ1) is 15.7. The zero-order chi connectivity index (χ0) is 13.5. The van der Waals surface area contributed by atoms with E-state index >= 15 is 0 Å². The number of carbonyl (C=O) groups excluding carboxylic acids is 2. The first-order chi connectivity index (χ1) is 7.80. The summed E-state index contributed by atoms with van der Waals surface area (Å²) in [6.07, 6.45) is -0.609. The molecule has 0 aliphatic carbocycles. The fourth-order valence-electron chi connectivity index (χ4n) is 1.07. The summed E-state index contributed by atoms with van der Waals surface area (Å²) in [5, 5.41) is 11.2. The summed E-state index contributed by atoms with van der Waals surface area (Å²) in [7, 11) is 0. The van der Waals surface area contributed by atoms with Gasteiger partial charge in [-0.3, -0.25) is 0 Å². The molecule has 0 fully saturated rings. The van der Waals surface area contributed by atoms with Crippen molar-refractivity contribution in [3.05, 3.63) is 0 Å². The van der Waals surface area contributed by atoms with E-state index in [-0.39, 0.29) is 19.6 Å². The summed E-state index contributed by atoms with van der Waals surface area (Å²) in [6.45, 7) is 6.82. The predicted molar refractivity (Wildman–Crippen MR) is 61.5 cm³/mol. The molecule has 0 aromatic heterocycles. The number of ether oxygens (including phenoxy) is 2. The minimum Gasteiger partial charge on any atom is -0.464 e. The third-order valence-electron chi connectivity index (χ3n) is 1.68. The molecule has 0 aromatic carbocycles. The van der Waals surface area contributed by atoms with E-state index < -0.39 is 23.7 Å². The Bertz CT molecular complexity index is 259. The largest absolute Gasteiger partial charge is 0.464 e. The SMILES string of the molecule is CCOC(=O)[C@@H](CCO)NC(=O)OC(C)(C)C. The van der Waals surface area contributed by atoms with Crippen LogP contribution in [0.4, 0.5) is 4.79 Å². The Balaban J connectivity index is 4.34. The minimum atomic E-state index is -0.880. The van der Waals surface area contributed by atoms with Crippen LogP contribution in [-0.2, 0) is 14.3 Å². The molecule has 0 aromatic rings. The Labute approximate surface area is 101 Å². The van der Waals surface area contributed by atoms with Crippen LogP contribution in [0.15, 0.2) is 0 Å².